The standard InChI is InChI=1S/C27H21N/c1-28(26-15-7-12-21-11-5-6-14-24(21)26)27-16-8-13-22-17-18-23(19-25(22)27)20-9-3-2-4-10-20/h2-19H,1H3. The number of hydrogen-bond donors (Lipinski definition) is 0. The minimum Gasteiger partial charge on any atom is -0.344 e. The maximum Gasteiger partial charge on any atom is 0.0488 e. The monoisotopic (exact) mass is 359 g/mol. The van der Waals surface area contributed by atoms with Crippen molar-refractivity contribution in [2.24, 2.45) is 0 Å². The minimum absolute atomic E-state index is 1.21. The van der Waals surface area contributed by atoms with Crippen LogP contribution in [0.4, 0.5) is 11.4 Å². The van der Waals surface area contributed by atoms with Crippen LogP contribution >= 0.6 is 0 Å². The van der Waals surface area contributed by atoms with E-state index in [2.05, 4.69) is 121 Å². The van der Waals surface area contributed by atoms with Gasteiger partial charge in [0.2, 0.25) is 0 Å². The van der Waals surface area contributed by atoms with Gasteiger partial charge < -0.3 is 4.90 Å². The van der Waals surface area contributed by atoms with Crippen molar-refractivity contribution in [2.45, 2.75) is 0 Å². The fourth-order valence-corrected chi connectivity index (χ4v) is 3.99. The summed E-state index contributed by atoms with van der Waals surface area (Å²) >= 11 is 0. The van der Waals surface area contributed by atoms with Gasteiger partial charge in [-0.25, -0.2) is 0 Å². The fourth-order valence-electron chi connectivity index (χ4n) is 3.99. The maximum absolute atomic E-state index is 2.31. The number of nitrogens with zero attached hydrogens (tertiary/aromatic N) is 1. The van der Waals surface area contributed by atoms with E-state index in [0.29, 0.717) is 0 Å². The molecule has 134 valence electrons. The second-order valence-electron chi connectivity index (χ2n) is 7.14. The highest BCUT2D eigenvalue weighted by molar-refractivity contribution is 6.02. The minimum atomic E-state index is 1.21. The Labute approximate surface area is 165 Å². The molecule has 0 radical (unpaired) electrons. The van der Waals surface area contributed by atoms with Crippen LogP contribution in [0.25, 0.3) is 32.7 Å². The molecule has 0 atom stereocenters. The molecule has 1 nitrogen and oxygen atoms in total. The topological polar surface area (TPSA) is 3.24 Å². The summed E-state index contributed by atoms with van der Waals surface area (Å²) in [6, 6.07) is 38.9. The highest BCUT2D eigenvalue weighted by Crippen LogP contribution is 2.36. The third-order valence-electron chi connectivity index (χ3n) is 5.46. The SMILES string of the molecule is CN(c1cccc2ccccc12)c1cccc2ccc(-c3ccccc3)cc12. The van der Waals surface area contributed by atoms with E-state index in [0.717, 1.165) is 0 Å². The normalized spacial score (nSPS) is 11.0. The van der Waals surface area contributed by atoms with E-state index in [9.17, 15) is 0 Å². The first-order valence-electron chi connectivity index (χ1n) is 9.61. The van der Waals surface area contributed by atoms with Crippen LogP contribution in [0.1, 0.15) is 0 Å². The van der Waals surface area contributed by atoms with Crippen LogP contribution in [-0.4, -0.2) is 7.05 Å². The maximum atomic E-state index is 2.31. The Morgan fingerprint density at radius 2 is 1.07 bits per heavy atom. The predicted octanol–water partition coefficient (Wildman–Crippen LogP) is 7.43. The number of rotatable bonds is 3. The van der Waals surface area contributed by atoms with E-state index < -0.39 is 0 Å². The van der Waals surface area contributed by atoms with E-state index in [1.807, 2.05) is 0 Å². The van der Waals surface area contributed by atoms with Gasteiger partial charge in [-0.15, -0.1) is 0 Å². The van der Waals surface area contributed by atoms with E-state index in [1.165, 1.54) is 44.0 Å². The lowest BCUT2D eigenvalue weighted by Crippen LogP contribution is -2.10. The molecule has 28 heavy (non-hydrogen) atoms. The van der Waals surface area contributed by atoms with Gasteiger partial charge in [-0.2, -0.15) is 0 Å². The molecular weight excluding hydrogens is 338 g/mol. The van der Waals surface area contributed by atoms with Gasteiger partial charge in [-0.1, -0.05) is 91.0 Å². The Morgan fingerprint density at radius 1 is 0.464 bits per heavy atom. The van der Waals surface area contributed by atoms with Crippen molar-refractivity contribution >= 4 is 32.9 Å². The van der Waals surface area contributed by atoms with Crippen LogP contribution < -0.4 is 4.90 Å². The summed E-state index contributed by atoms with van der Waals surface area (Å²) in [6.45, 7) is 0. The van der Waals surface area contributed by atoms with Gasteiger partial charge in [-0.3, -0.25) is 0 Å². The number of hydrogen-bond acceptors (Lipinski definition) is 1. The average molecular weight is 359 g/mol. The van der Waals surface area contributed by atoms with Gasteiger partial charge in [-0.05, 0) is 40.1 Å². The molecule has 5 aromatic rings. The van der Waals surface area contributed by atoms with Gasteiger partial charge >= 0.3 is 0 Å². The Morgan fingerprint density at radius 3 is 1.86 bits per heavy atom. The van der Waals surface area contributed by atoms with Crippen molar-refractivity contribution in [1.29, 1.82) is 0 Å². The lowest BCUT2D eigenvalue weighted by molar-refractivity contribution is 1.23. The van der Waals surface area contributed by atoms with E-state index in [4.69, 9.17) is 0 Å². The zero-order valence-electron chi connectivity index (χ0n) is 15.8. The zero-order valence-corrected chi connectivity index (χ0v) is 15.8. The molecule has 0 heterocycles. The van der Waals surface area contributed by atoms with Crippen molar-refractivity contribution in [3.63, 3.8) is 0 Å². The molecular formula is C27H21N. The molecule has 0 bridgehead atoms. The molecule has 0 fully saturated rings. The highest BCUT2D eigenvalue weighted by atomic mass is 15.1. The quantitative estimate of drug-likeness (QED) is 0.324. The summed E-state index contributed by atoms with van der Waals surface area (Å²) in [6.07, 6.45) is 0. The average Bonchev–Trinajstić information content (AvgIpc) is 2.78. The van der Waals surface area contributed by atoms with Crippen LogP contribution in [0.15, 0.2) is 109 Å². The number of fused-ring (bicyclic) bond motifs is 2. The Bertz CT molecular complexity index is 1270. The van der Waals surface area contributed by atoms with E-state index in [1.54, 1.807) is 0 Å². The van der Waals surface area contributed by atoms with Crippen molar-refractivity contribution in [3.8, 4) is 11.1 Å². The first kappa shape index (κ1) is 16.6. The Kier molecular flexibility index (Phi) is 4.06. The van der Waals surface area contributed by atoms with E-state index >= 15 is 0 Å². The molecule has 0 unspecified atom stereocenters. The van der Waals surface area contributed by atoms with Crippen LogP contribution in [0.5, 0.6) is 0 Å². The van der Waals surface area contributed by atoms with Gasteiger partial charge in [0.25, 0.3) is 0 Å². The van der Waals surface area contributed by atoms with Gasteiger partial charge in [0.05, 0.1) is 0 Å². The summed E-state index contributed by atoms with van der Waals surface area (Å²) in [5.74, 6) is 0. The van der Waals surface area contributed by atoms with Crippen LogP contribution in [0.2, 0.25) is 0 Å². The third-order valence-corrected chi connectivity index (χ3v) is 5.46. The summed E-state index contributed by atoms with van der Waals surface area (Å²) in [4.78, 5) is 2.30. The number of anilines is 2. The molecule has 0 aromatic heterocycles. The fraction of sp³-hybridized carbons (Fsp3) is 0.0370. The van der Waals surface area contributed by atoms with Gasteiger partial charge in [0.1, 0.15) is 0 Å². The highest BCUT2D eigenvalue weighted by Gasteiger charge is 2.11. The third kappa shape index (κ3) is 2.82. The second kappa shape index (κ2) is 6.86. The molecule has 0 saturated heterocycles. The molecule has 5 rings (SSSR count). The van der Waals surface area contributed by atoms with Crippen LogP contribution in [0, 0.1) is 0 Å². The smallest absolute Gasteiger partial charge is 0.0488 e. The molecule has 0 N–H and O–H groups in total. The summed E-state index contributed by atoms with van der Waals surface area (Å²) in [5, 5.41) is 5.05. The summed E-state index contributed by atoms with van der Waals surface area (Å²) < 4.78 is 0. The van der Waals surface area contributed by atoms with Crippen molar-refractivity contribution in [2.75, 3.05) is 11.9 Å². The first-order chi connectivity index (χ1) is 13.8. The second-order valence-corrected chi connectivity index (χ2v) is 7.14. The molecule has 0 saturated carbocycles. The van der Waals surface area contributed by atoms with Crippen LogP contribution in [0.3, 0.4) is 0 Å². The zero-order chi connectivity index (χ0) is 18.9. The summed E-state index contributed by atoms with van der Waals surface area (Å²) in [7, 11) is 2.16. The molecule has 0 amide bonds. The van der Waals surface area contributed by atoms with Crippen molar-refractivity contribution in [1.82, 2.24) is 0 Å². The van der Waals surface area contributed by atoms with Crippen molar-refractivity contribution in [3.05, 3.63) is 109 Å². The van der Waals surface area contributed by atoms with Crippen molar-refractivity contribution < 1.29 is 0 Å². The Balaban J connectivity index is 1.69. The number of benzene rings is 5. The van der Waals surface area contributed by atoms with Gasteiger partial charge in [0, 0.05) is 29.2 Å². The predicted molar refractivity (Wildman–Crippen MR) is 121 cm³/mol. The lowest BCUT2D eigenvalue weighted by atomic mass is 9.99. The largest absolute Gasteiger partial charge is 0.344 e. The molecule has 1 heteroatoms. The molecule has 0 aliphatic heterocycles. The molecule has 0 spiro atoms. The first-order valence-corrected chi connectivity index (χ1v) is 9.61. The van der Waals surface area contributed by atoms with E-state index in [-0.39, 0.29) is 0 Å². The molecule has 0 aliphatic rings. The Hall–Kier alpha value is -3.58. The summed E-state index contributed by atoms with van der Waals surface area (Å²) in [5.41, 5.74) is 4.92. The van der Waals surface area contributed by atoms with Gasteiger partial charge in [0.15, 0.2) is 0 Å². The van der Waals surface area contributed by atoms with Crippen LogP contribution in [-0.2, 0) is 0 Å². The lowest BCUT2D eigenvalue weighted by Gasteiger charge is -2.23. The molecule has 0 aliphatic carbocycles. The molecule has 5 aromatic carbocycles.